The van der Waals surface area contributed by atoms with Gasteiger partial charge in [0.05, 0.1) is 5.75 Å². The second-order valence-corrected chi connectivity index (χ2v) is 7.30. The largest absolute Gasteiger partial charge is 0.343 e. The minimum atomic E-state index is 0.138. The maximum absolute atomic E-state index is 12.0. The predicted molar refractivity (Wildman–Crippen MR) is 97.8 cm³/mol. The molecule has 1 amide bonds. The lowest BCUT2D eigenvalue weighted by Gasteiger charge is -2.17. The Morgan fingerprint density at radius 2 is 2.00 bits per heavy atom. The number of benzene rings is 1. The molecule has 124 valence electrons. The van der Waals surface area contributed by atoms with Gasteiger partial charge >= 0.3 is 0 Å². The monoisotopic (exact) mass is 350 g/mol. The summed E-state index contributed by atoms with van der Waals surface area (Å²) in [5.74, 6) is 0.541. The normalized spacial score (nSPS) is 10.6. The SMILES string of the molecule is CCN(CC)C(=O)CSc1nnc(Nc2cccc(C)c2C)s1. The number of carbonyl (C=O) groups excluding carboxylic acids is 1. The summed E-state index contributed by atoms with van der Waals surface area (Å²) >= 11 is 2.91. The van der Waals surface area contributed by atoms with Crippen molar-refractivity contribution < 1.29 is 4.79 Å². The third-order valence-electron chi connectivity index (χ3n) is 3.69. The highest BCUT2D eigenvalue weighted by Gasteiger charge is 2.12. The van der Waals surface area contributed by atoms with Crippen molar-refractivity contribution in [3.8, 4) is 0 Å². The molecule has 0 atom stereocenters. The Hall–Kier alpha value is -1.60. The molecule has 1 aromatic heterocycles. The van der Waals surface area contributed by atoms with Gasteiger partial charge in [-0.3, -0.25) is 4.79 Å². The highest BCUT2D eigenvalue weighted by Crippen LogP contribution is 2.29. The number of hydrogen-bond donors (Lipinski definition) is 1. The van der Waals surface area contributed by atoms with Gasteiger partial charge in [0.2, 0.25) is 11.0 Å². The fourth-order valence-electron chi connectivity index (χ4n) is 2.11. The number of hydrogen-bond acceptors (Lipinski definition) is 6. The number of anilines is 2. The van der Waals surface area contributed by atoms with Gasteiger partial charge in [0, 0.05) is 18.8 Å². The van der Waals surface area contributed by atoms with E-state index in [1.54, 1.807) is 0 Å². The second kappa shape index (κ2) is 8.31. The van der Waals surface area contributed by atoms with Crippen LogP contribution >= 0.6 is 23.1 Å². The van der Waals surface area contributed by atoms with Crippen LogP contribution in [-0.2, 0) is 4.79 Å². The maximum atomic E-state index is 12.0. The van der Waals surface area contributed by atoms with Crippen LogP contribution in [0, 0.1) is 13.8 Å². The number of nitrogens with zero attached hydrogens (tertiary/aromatic N) is 3. The smallest absolute Gasteiger partial charge is 0.233 e. The first kappa shape index (κ1) is 17.7. The zero-order valence-corrected chi connectivity index (χ0v) is 15.6. The highest BCUT2D eigenvalue weighted by atomic mass is 32.2. The van der Waals surface area contributed by atoms with Crippen LogP contribution in [0.5, 0.6) is 0 Å². The van der Waals surface area contributed by atoms with Crippen molar-refractivity contribution in [3.63, 3.8) is 0 Å². The van der Waals surface area contributed by atoms with E-state index in [0.29, 0.717) is 5.75 Å². The summed E-state index contributed by atoms with van der Waals surface area (Å²) in [6.45, 7) is 9.63. The minimum Gasteiger partial charge on any atom is -0.343 e. The predicted octanol–water partition coefficient (Wildman–Crippen LogP) is 3.86. The maximum Gasteiger partial charge on any atom is 0.233 e. The Labute approximate surface area is 145 Å². The first-order valence-corrected chi connectivity index (χ1v) is 9.42. The van der Waals surface area contributed by atoms with Crippen molar-refractivity contribution in [1.29, 1.82) is 0 Å². The summed E-state index contributed by atoms with van der Waals surface area (Å²) in [5.41, 5.74) is 3.48. The van der Waals surface area contributed by atoms with Crippen molar-refractivity contribution in [3.05, 3.63) is 29.3 Å². The number of thioether (sulfide) groups is 1. The third kappa shape index (κ3) is 4.68. The quantitative estimate of drug-likeness (QED) is 0.769. The molecular weight excluding hydrogens is 328 g/mol. The van der Waals surface area contributed by atoms with Crippen molar-refractivity contribution >= 4 is 39.8 Å². The summed E-state index contributed by atoms with van der Waals surface area (Å²) in [7, 11) is 0. The zero-order chi connectivity index (χ0) is 16.8. The molecule has 23 heavy (non-hydrogen) atoms. The molecule has 0 aliphatic rings. The average molecular weight is 351 g/mol. The molecule has 1 aromatic carbocycles. The topological polar surface area (TPSA) is 58.1 Å². The summed E-state index contributed by atoms with van der Waals surface area (Å²) in [6, 6.07) is 6.13. The molecule has 5 nitrogen and oxygen atoms in total. The molecule has 0 aliphatic heterocycles. The fourth-order valence-corrected chi connectivity index (χ4v) is 3.78. The van der Waals surface area contributed by atoms with Crippen LogP contribution in [0.4, 0.5) is 10.8 Å². The van der Waals surface area contributed by atoms with E-state index >= 15 is 0 Å². The van der Waals surface area contributed by atoms with Gasteiger partial charge in [-0.15, -0.1) is 10.2 Å². The Bertz CT molecular complexity index is 668. The van der Waals surface area contributed by atoms with E-state index in [-0.39, 0.29) is 5.91 Å². The molecule has 1 heterocycles. The van der Waals surface area contributed by atoms with Crippen LogP contribution in [0.2, 0.25) is 0 Å². The van der Waals surface area contributed by atoms with Crippen LogP contribution < -0.4 is 5.32 Å². The first-order chi connectivity index (χ1) is 11.0. The number of nitrogens with one attached hydrogen (secondary N) is 1. The number of carbonyl (C=O) groups is 1. The van der Waals surface area contributed by atoms with E-state index in [4.69, 9.17) is 0 Å². The fraction of sp³-hybridized carbons (Fsp3) is 0.438. The molecule has 0 fully saturated rings. The van der Waals surface area contributed by atoms with E-state index < -0.39 is 0 Å². The van der Waals surface area contributed by atoms with Crippen molar-refractivity contribution in [1.82, 2.24) is 15.1 Å². The molecule has 0 aliphatic carbocycles. The third-order valence-corrected chi connectivity index (χ3v) is 5.64. The molecule has 0 unspecified atom stereocenters. The molecule has 2 rings (SSSR count). The van der Waals surface area contributed by atoms with E-state index in [0.717, 1.165) is 28.2 Å². The Morgan fingerprint density at radius 3 is 2.70 bits per heavy atom. The van der Waals surface area contributed by atoms with Crippen LogP contribution in [-0.4, -0.2) is 39.8 Å². The Morgan fingerprint density at radius 1 is 1.26 bits per heavy atom. The van der Waals surface area contributed by atoms with Gasteiger partial charge in [-0.05, 0) is 44.9 Å². The van der Waals surface area contributed by atoms with Gasteiger partial charge in [0.1, 0.15) is 0 Å². The van der Waals surface area contributed by atoms with Gasteiger partial charge in [-0.25, -0.2) is 0 Å². The molecule has 1 N–H and O–H groups in total. The van der Waals surface area contributed by atoms with Crippen LogP contribution in [0.15, 0.2) is 22.5 Å². The van der Waals surface area contributed by atoms with Crippen molar-refractivity contribution in [2.45, 2.75) is 32.0 Å². The lowest BCUT2D eigenvalue weighted by Crippen LogP contribution is -2.31. The Kier molecular flexibility index (Phi) is 6.41. The van der Waals surface area contributed by atoms with Gasteiger partial charge in [0.25, 0.3) is 0 Å². The highest BCUT2D eigenvalue weighted by molar-refractivity contribution is 8.01. The lowest BCUT2D eigenvalue weighted by atomic mass is 10.1. The number of aromatic nitrogens is 2. The summed E-state index contributed by atoms with van der Waals surface area (Å²) in [5, 5.41) is 12.4. The summed E-state index contributed by atoms with van der Waals surface area (Å²) in [4.78, 5) is 13.8. The van der Waals surface area contributed by atoms with E-state index in [9.17, 15) is 4.79 Å². The molecule has 0 saturated carbocycles. The molecule has 0 spiro atoms. The van der Waals surface area contributed by atoms with Crippen molar-refractivity contribution in [2.24, 2.45) is 0 Å². The van der Waals surface area contributed by atoms with E-state index in [1.807, 2.05) is 30.9 Å². The molecule has 2 aromatic rings. The van der Waals surface area contributed by atoms with Gasteiger partial charge in [-0.2, -0.15) is 0 Å². The van der Waals surface area contributed by atoms with Gasteiger partial charge in [-0.1, -0.05) is 35.2 Å². The number of amides is 1. The summed E-state index contributed by atoms with van der Waals surface area (Å²) < 4.78 is 0.804. The second-order valence-electron chi connectivity index (χ2n) is 5.10. The molecule has 0 saturated heterocycles. The Balaban J connectivity index is 1.96. The van der Waals surface area contributed by atoms with Crippen LogP contribution in [0.25, 0.3) is 0 Å². The van der Waals surface area contributed by atoms with Crippen molar-refractivity contribution in [2.75, 3.05) is 24.2 Å². The first-order valence-electron chi connectivity index (χ1n) is 7.62. The number of rotatable bonds is 7. The molecule has 0 radical (unpaired) electrons. The summed E-state index contributed by atoms with van der Waals surface area (Å²) in [6.07, 6.45) is 0. The lowest BCUT2D eigenvalue weighted by molar-refractivity contribution is -0.127. The van der Waals surface area contributed by atoms with Gasteiger partial charge in [0.15, 0.2) is 4.34 Å². The minimum absolute atomic E-state index is 0.138. The van der Waals surface area contributed by atoms with Crippen LogP contribution in [0.1, 0.15) is 25.0 Å². The molecular formula is C16H22N4OS2. The van der Waals surface area contributed by atoms with E-state index in [1.165, 1.54) is 34.2 Å². The zero-order valence-electron chi connectivity index (χ0n) is 13.9. The average Bonchev–Trinajstić information content (AvgIpc) is 2.98. The number of aryl methyl sites for hydroxylation is 1. The van der Waals surface area contributed by atoms with Gasteiger partial charge < -0.3 is 10.2 Å². The molecule has 0 bridgehead atoms. The van der Waals surface area contributed by atoms with E-state index in [2.05, 4.69) is 35.4 Å². The molecule has 7 heteroatoms. The standard InChI is InChI=1S/C16H22N4OS2/c1-5-20(6-2)14(21)10-22-16-19-18-15(23-16)17-13-9-7-8-11(3)12(13)4/h7-9H,5-6,10H2,1-4H3,(H,17,18). The van der Waals surface area contributed by atoms with Crippen LogP contribution in [0.3, 0.4) is 0 Å².